The van der Waals surface area contributed by atoms with Crippen molar-refractivity contribution in [3.8, 4) is 0 Å². The maximum atomic E-state index is 12.7. The first-order valence-electron chi connectivity index (χ1n) is 6.94. The Morgan fingerprint density at radius 2 is 1.79 bits per heavy atom. The molecular weight excluding hydrogens is 242 g/mol. The number of carbonyl (C=O) groups excluding carboxylic acids is 1. The molecule has 4 nitrogen and oxygen atoms in total. The van der Waals surface area contributed by atoms with Gasteiger partial charge in [0.1, 0.15) is 0 Å². The zero-order valence-corrected chi connectivity index (χ0v) is 12.2. The molecule has 1 N–H and O–H groups in total. The van der Waals surface area contributed by atoms with Crippen molar-refractivity contribution in [2.45, 2.75) is 52.0 Å². The Morgan fingerprint density at radius 1 is 1.26 bits per heavy atom. The molecule has 19 heavy (non-hydrogen) atoms. The van der Waals surface area contributed by atoms with E-state index in [1.807, 2.05) is 20.8 Å². The molecule has 1 rings (SSSR count). The lowest BCUT2D eigenvalue weighted by Gasteiger charge is -2.39. The number of amides is 1. The molecule has 0 radical (unpaired) electrons. The van der Waals surface area contributed by atoms with Crippen molar-refractivity contribution < 1.29 is 14.7 Å². The van der Waals surface area contributed by atoms with Gasteiger partial charge in [-0.15, -0.1) is 6.58 Å². The quantitative estimate of drug-likeness (QED) is 0.797. The highest BCUT2D eigenvalue weighted by Gasteiger charge is 2.39. The van der Waals surface area contributed by atoms with Crippen molar-refractivity contribution in [3.05, 3.63) is 12.7 Å². The Kier molecular flexibility index (Phi) is 5.15. The minimum atomic E-state index is -0.842. The van der Waals surface area contributed by atoms with Crippen molar-refractivity contribution in [1.82, 2.24) is 4.90 Å². The van der Waals surface area contributed by atoms with E-state index in [9.17, 15) is 14.7 Å². The highest BCUT2D eigenvalue weighted by atomic mass is 16.4. The topological polar surface area (TPSA) is 57.6 Å². The number of rotatable bonds is 4. The number of carbonyl (C=O) groups is 2. The number of hydrogen-bond acceptors (Lipinski definition) is 2. The highest BCUT2D eigenvalue weighted by molar-refractivity contribution is 5.85. The first-order valence-corrected chi connectivity index (χ1v) is 6.94. The molecule has 4 heteroatoms. The maximum absolute atomic E-state index is 12.7. The SMILES string of the molecule is C=CCN(C(=O)C1CCCCC1C(=O)O)C(C)(C)C. The summed E-state index contributed by atoms with van der Waals surface area (Å²) in [5.74, 6) is -1.80. The van der Waals surface area contributed by atoms with E-state index < -0.39 is 11.9 Å². The molecule has 0 heterocycles. The second-order valence-electron chi connectivity index (χ2n) is 6.24. The Balaban J connectivity index is 2.93. The van der Waals surface area contributed by atoms with E-state index in [1.165, 1.54) is 0 Å². The van der Waals surface area contributed by atoms with Crippen LogP contribution in [0, 0.1) is 11.8 Å². The summed E-state index contributed by atoms with van der Waals surface area (Å²) < 4.78 is 0. The van der Waals surface area contributed by atoms with Gasteiger partial charge in [0.25, 0.3) is 0 Å². The van der Waals surface area contributed by atoms with Crippen LogP contribution in [0.3, 0.4) is 0 Å². The van der Waals surface area contributed by atoms with Crippen LogP contribution in [0.25, 0.3) is 0 Å². The monoisotopic (exact) mass is 267 g/mol. The standard InChI is InChI=1S/C15H25NO3/c1-5-10-16(15(2,3)4)13(17)11-8-6-7-9-12(11)14(18)19/h5,11-12H,1,6-10H2,2-4H3,(H,18,19). The van der Waals surface area contributed by atoms with Crippen molar-refractivity contribution in [2.24, 2.45) is 11.8 Å². The van der Waals surface area contributed by atoms with E-state index >= 15 is 0 Å². The molecule has 108 valence electrons. The maximum Gasteiger partial charge on any atom is 0.307 e. The predicted octanol–water partition coefficient (Wildman–Crippen LogP) is 2.69. The fourth-order valence-electron chi connectivity index (χ4n) is 2.75. The van der Waals surface area contributed by atoms with Crippen molar-refractivity contribution in [2.75, 3.05) is 6.54 Å². The van der Waals surface area contributed by atoms with Crippen LogP contribution >= 0.6 is 0 Å². The smallest absolute Gasteiger partial charge is 0.307 e. The number of nitrogens with zero attached hydrogens (tertiary/aromatic N) is 1. The van der Waals surface area contributed by atoms with E-state index in [1.54, 1.807) is 11.0 Å². The lowest BCUT2D eigenvalue weighted by Crippen LogP contribution is -2.50. The van der Waals surface area contributed by atoms with Crippen LogP contribution in [0.5, 0.6) is 0 Å². The summed E-state index contributed by atoms with van der Waals surface area (Å²) in [5.41, 5.74) is -0.314. The molecule has 0 spiro atoms. The number of carboxylic acid groups (broad SMARTS) is 1. The molecule has 0 aliphatic heterocycles. The van der Waals surface area contributed by atoms with Crippen LogP contribution in [0.4, 0.5) is 0 Å². The van der Waals surface area contributed by atoms with Gasteiger partial charge < -0.3 is 10.0 Å². The average molecular weight is 267 g/mol. The lowest BCUT2D eigenvalue weighted by molar-refractivity contribution is -0.154. The zero-order chi connectivity index (χ0) is 14.6. The summed E-state index contributed by atoms with van der Waals surface area (Å²) >= 11 is 0. The Labute approximate surface area is 115 Å². The van der Waals surface area contributed by atoms with Gasteiger partial charge in [-0.2, -0.15) is 0 Å². The van der Waals surface area contributed by atoms with Crippen LogP contribution in [0.2, 0.25) is 0 Å². The number of aliphatic carboxylic acids is 1. The summed E-state index contributed by atoms with van der Waals surface area (Å²) in [6.07, 6.45) is 4.82. The average Bonchev–Trinajstić information content (AvgIpc) is 2.33. The zero-order valence-electron chi connectivity index (χ0n) is 12.2. The normalized spacial score (nSPS) is 23.7. The molecular formula is C15H25NO3. The molecule has 1 amide bonds. The lowest BCUT2D eigenvalue weighted by atomic mass is 9.78. The first-order chi connectivity index (χ1) is 8.79. The third-order valence-electron chi connectivity index (χ3n) is 3.79. The van der Waals surface area contributed by atoms with Crippen LogP contribution in [-0.4, -0.2) is 34.0 Å². The van der Waals surface area contributed by atoms with Crippen molar-refractivity contribution in [3.63, 3.8) is 0 Å². The number of hydrogen-bond donors (Lipinski definition) is 1. The minimum Gasteiger partial charge on any atom is -0.481 e. The summed E-state index contributed by atoms with van der Waals surface area (Å²) in [4.78, 5) is 25.7. The van der Waals surface area contributed by atoms with Gasteiger partial charge in [0.05, 0.1) is 11.8 Å². The summed E-state index contributed by atoms with van der Waals surface area (Å²) in [6, 6.07) is 0. The van der Waals surface area contributed by atoms with Crippen molar-refractivity contribution >= 4 is 11.9 Å². The Hall–Kier alpha value is -1.32. The van der Waals surface area contributed by atoms with E-state index in [2.05, 4.69) is 6.58 Å². The van der Waals surface area contributed by atoms with E-state index in [-0.39, 0.29) is 17.4 Å². The first kappa shape index (κ1) is 15.7. The molecule has 2 unspecified atom stereocenters. The van der Waals surface area contributed by atoms with Crippen molar-refractivity contribution in [1.29, 1.82) is 0 Å². The summed E-state index contributed by atoms with van der Waals surface area (Å²) in [7, 11) is 0. The van der Waals surface area contributed by atoms with Gasteiger partial charge in [0, 0.05) is 12.1 Å². The van der Waals surface area contributed by atoms with E-state index in [0.29, 0.717) is 19.4 Å². The molecule has 1 aliphatic carbocycles. The summed E-state index contributed by atoms with van der Waals surface area (Å²) in [5, 5.41) is 9.28. The van der Waals surface area contributed by atoms with Gasteiger partial charge in [0.15, 0.2) is 0 Å². The van der Waals surface area contributed by atoms with Gasteiger partial charge in [-0.25, -0.2) is 0 Å². The molecule has 1 aliphatic rings. The van der Waals surface area contributed by atoms with Crippen LogP contribution in [0.1, 0.15) is 46.5 Å². The fourth-order valence-corrected chi connectivity index (χ4v) is 2.75. The molecule has 0 saturated heterocycles. The second-order valence-corrected chi connectivity index (χ2v) is 6.24. The third kappa shape index (κ3) is 3.82. The van der Waals surface area contributed by atoms with Gasteiger partial charge in [-0.3, -0.25) is 9.59 Å². The minimum absolute atomic E-state index is 0.0421. The van der Waals surface area contributed by atoms with E-state index in [4.69, 9.17) is 0 Å². The van der Waals surface area contributed by atoms with Crippen LogP contribution < -0.4 is 0 Å². The van der Waals surface area contributed by atoms with Crippen LogP contribution in [-0.2, 0) is 9.59 Å². The molecule has 2 atom stereocenters. The van der Waals surface area contributed by atoms with Gasteiger partial charge in [-0.1, -0.05) is 18.9 Å². The molecule has 1 fully saturated rings. The summed E-state index contributed by atoms with van der Waals surface area (Å²) in [6.45, 7) is 10.0. The molecule has 0 aromatic heterocycles. The molecule has 0 bridgehead atoms. The van der Waals surface area contributed by atoms with Gasteiger partial charge in [0.2, 0.25) is 5.91 Å². The number of carboxylic acids is 1. The Bertz CT molecular complexity index is 357. The van der Waals surface area contributed by atoms with Gasteiger partial charge in [-0.05, 0) is 33.6 Å². The molecule has 0 aromatic rings. The molecule has 0 aromatic carbocycles. The van der Waals surface area contributed by atoms with Gasteiger partial charge >= 0.3 is 5.97 Å². The second kappa shape index (κ2) is 6.22. The molecule has 1 saturated carbocycles. The highest BCUT2D eigenvalue weighted by Crippen LogP contribution is 2.33. The Morgan fingerprint density at radius 3 is 2.21 bits per heavy atom. The van der Waals surface area contributed by atoms with E-state index in [0.717, 1.165) is 12.8 Å². The fraction of sp³-hybridized carbons (Fsp3) is 0.733. The largest absolute Gasteiger partial charge is 0.481 e. The van der Waals surface area contributed by atoms with Crippen LogP contribution in [0.15, 0.2) is 12.7 Å². The third-order valence-corrected chi connectivity index (χ3v) is 3.79. The predicted molar refractivity (Wildman–Crippen MR) is 74.7 cm³/mol.